The molecule has 3 N–H and O–H groups in total. The molecule has 7 nitrogen and oxygen atoms in total. The number of hydrogen-bond donors (Lipinski definition) is 3. The van der Waals surface area contributed by atoms with Gasteiger partial charge in [0.2, 0.25) is 0 Å². The number of aliphatic hydroxyl groups is 1. The van der Waals surface area contributed by atoms with Crippen molar-refractivity contribution < 1.29 is 19.4 Å². The predicted molar refractivity (Wildman–Crippen MR) is 95.1 cm³/mol. The van der Waals surface area contributed by atoms with Crippen LogP contribution < -0.4 is 15.4 Å². The second-order valence-corrected chi connectivity index (χ2v) is 6.79. The zero-order valence-electron chi connectivity index (χ0n) is 14.8. The number of hydrogen-bond acceptors (Lipinski definition) is 5. The van der Waals surface area contributed by atoms with Crippen LogP contribution in [0.5, 0.6) is 5.75 Å². The lowest BCUT2D eigenvalue weighted by atomic mass is 10.1. The van der Waals surface area contributed by atoms with Crippen molar-refractivity contribution >= 4 is 11.7 Å². The minimum Gasteiger partial charge on any atom is -0.497 e. The number of nitrogens with one attached hydrogen (secondary N) is 2. The Labute approximate surface area is 148 Å². The Hall–Kier alpha value is -1.83. The van der Waals surface area contributed by atoms with Gasteiger partial charge in [0.25, 0.3) is 0 Å². The van der Waals surface area contributed by atoms with Crippen LogP contribution in [-0.4, -0.2) is 67.6 Å². The molecule has 1 aromatic rings. The van der Waals surface area contributed by atoms with E-state index in [9.17, 15) is 4.79 Å². The standard InChI is InChI=1S/C18H27N3O4/c1-12-7-15(24-2)3-4-17(12)20-18(23)19-13-8-14-11-25-16(5-6-22)10-21(14)9-13/h3-4,7,13-14,16,22H,5-6,8-11H2,1-2H3,(H2,19,20,23)/t13-,14+,16+/m1/s1. The first-order chi connectivity index (χ1) is 12.1. The van der Waals surface area contributed by atoms with Crippen LogP contribution in [0, 0.1) is 6.92 Å². The summed E-state index contributed by atoms with van der Waals surface area (Å²) in [5, 5.41) is 15.0. The number of methoxy groups -OCH3 is 1. The molecular weight excluding hydrogens is 322 g/mol. The average Bonchev–Trinajstić information content (AvgIpc) is 2.98. The maximum Gasteiger partial charge on any atom is 0.319 e. The summed E-state index contributed by atoms with van der Waals surface area (Å²) in [4.78, 5) is 14.7. The highest BCUT2D eigenvalue weighted by atomic mass is 16.5. The van der Waals surface area contributed by atoms with Gasteiger partial charge < -0.3 is 25.2 Å². The molecule has 2 heterocycles. The number of anilines is 1. The fourth-order valence-corrected chi connectivity index (χ4v) is 3.61. The fourth-order valence-electron chi connectivity index (χ4n) is 3.61. The van der Waals surface area contributed by atoms with Crippen molar-refractivity contribution in [3.63, 3.8) is 0 Å². The molecule has 0 spiro atoms. The Morgan fingerprint density at radius 1 is 1.44 bits per heavy atom. The topological polar surface area (TPSA) is 83.1 Å². The summed E-state index contributed by atoms with van der Waals surface area (Å²) < 4.78 is 11.0. The molecular formula is C18H27N3O4. The average molecular weight is 349 g/mol. The van der Waals surface area contributed by atoms with E-state index in [2.05, 4.69) is 15.5 Å². The Bertz CT molecular complexity index is 610. The molecule has 0 saturated carbocycles. The van der Waals surface area contributed by atoms with E-state index in [0.29, 0.717) is 19.1 Å². The maximum absolute atomic E-state index is 12.3. The second kappa shape index (κ2) is 8.03. The molecule has 0 radical (unpaired) electrons. The van der Waals surface area contributed by atoms with Crippen LogP contribution in [-0.2, 0) is 4.74 Å². The summed E-state index contributed by atoms with van der Waals surface area (Å²) in [5.74, 6) is 0.772. The van der Waals surface area contributed by atoms with Crippen molar-refractivity contribution in [2.45, 2.75) is 38.0 Å². The summed E-state index contributed by atoms with van der Waals surface area (Å²) in [6, 6.07) is 5.84. The summed E-state index contributed by atoms with van der Waals surface area (Å²) in [6.45, 7) is 4.40. The highest BCUT2D eigenvalue weighted by Crippen LogP contribution is 2.25. The predicted octanol–water partition coefficient (Wildman–Crippen LogP) is 1.35. The number of fused-ring (bicyclic) bond motifs is 1. The molecule has 3 rings (SSSR count). The molecule has 0 aliphatic carbocycles. The first-order valence-corrected chi connectivity index (χ1v) is 8.77. The largest absolute Gasteiger partial charge is 0.497 e. The number of rotatable bonds is 5. The number of ether oxygens (including phenoxy) is 2. The SMILES string of the molecule is COc1ccc(NC(=O)N[C@@H]2C[C@H]3CO[C@@H](CCO)CN3C2)c(C)c1. The molecule has 7 heteroatoms. The normalized spacial score (nSPS) is 26.1. The van der Waals surface area contributed by atoms with Gasteiger partial charge >= 0.3 is 6.03 Å². The third-order valence-corrected chi connectivity index (χ3v) is 4.96. The number of urea groups is 1. The number of nitrogens with zero attached hydrogens (tertiary/aromatic N) is 1. The maximum atomic E-state index is 12.3. The summed E-state index contributed by atoms with van der Waals surface area (Å²) in [5.41, 5.74) is 1.74. The molecule has 2 saturated heterocycles. The quantitative estimate of drug-likeness (QED) is 0.747. The van der Waals surface area contributed by atoms with Crippen LogP contribution in [0.2, 0.25) is 0 Å². The number of morpholine rings is 1. The Kier molecular flexibility index (Phi) is 5.78. The van der Waals surface area contributed by atoms with Crippen molar-refractivity contribution in [1.29, 1.82) is 0 Å². The highest BCUT2D eigenvalue weighted by Gasteiger charge is 2.37. The van der Waals surface area contributed by atoms with E-state index < -0.39 is 0 Å². The van der Waals surface area contributed by atoms with E-state index in [1.807, 2.05) is 25.1 Å². The number of benzene rings is 1. The third kappa shape index (κ3) is 4.42. The lowest BCUT2D eigenvalue weighted by Crippen LogP contribution is -2.46. The van der Waals surface area contributed by atoms with Crippen LogP contribution in [0.25, 0.3) is 0 Å². The number of amides is 2. The number of carbonyl (C=O) groups excluding carboxylic acids is 1. The number of aliphatic hydroxyl groups excluding tert-OH is 1. The molecule has 3 atom stereocenters. The number of aryl methyl sites for hydroxylation is 1. The van der Waals surface area contributed by atoms with Crippen LogP contribution in [0.1, 0.15) is 18.4 Å². The van der Waals surface area contributed by atoms with Crippen molar-refractivity contribution in [2.75, 3.05) is 38.7 Å². The molecule has 25 heavy (non-hydrogen) atoms. The fraction of sp³-hybridized carbons (Fsp3) is 0.611. The van der Waals surface area contributed by atoms with E-state index in [-0.39, 0.29) is 24.8 Å². The van der Waals surface area contributed by atoms with Crippen molar-refractivity contribution in [3.05, 3.63) is 23.8 Å². The second-order valence-electron chi connectivity index (χ2n) is 6.79. The molecule has 2 aliphatic heterocycles. The minimum absolute atomic E-state index is 0.0933. The third-order valence-electron chi connectivity index (χ3n) is 4.96. The van der Waals surface area contributed by atoms with Gasteiger partial charge in [0.1, 0.15) is 5.75 Å². The molecule has 138 valence electrons. The van der Waals surface area contributed by atoms with Gasteiger partial charge in [-0.2, -0.15) is 0 Å². The molecule has 2 fully saturated rings. The molecule has 2 amide bonds. The van der Waals surface area contributed by atoms with Crippen LogP contribution in [0.3, 0.4) is 0 Å². The zero-order valence-corrected chi connectivity index (χ0v) is 14.8. The Morgan fingerprint density at radius 2 is 2.28 bits per heavy atom. The van der Waals surface area contributed by atoms with Gasteiger partial charge in [-0.15, -0.1) is 0 Å². The van der Waals surface area contributed by atoms with Crippen LogP contribution in [0.4, 0.5) is 10.5 Å². The van der Waals surface area contributed by atoms with Gasteiger partial charge in [0.15, 0.2) is 0 Å². The summed E-state index contributed by atoms with van der Waals surface area (Å²) in [7, 11) is 1.62. The monoisotopic (exact) mass is 349 g/mol. The molecule has 1 aromatic carbocycles. The van der Waals surface area contributed by atoms with E-state index >= 15 is 0 Å². The van der Waals surface area contributed by atoms with Gasteiger partial charge in [0, 0.05) is 37.5 Å². The van der Waals surface area contributed by atoms with Gasteiger partial charge in [-0.1, -0.05) is 0 Å². The molecule has 2 aliphatic rings. The van der Waals surface area contributed by atoms with Crippen LogP contribution >= 0.6 is 0 Å². The van der Waals surface area contributed by atoms with Crippen molar-refractivity contribution in [2.24, 2.45) is 0 Å². The van der Waals surface area contributed by atoms with E-state index in [0.717, 1.165) is 36.5 Å². The van der Waals surface area contributed by atoms with Crippen molar-refractivity contribution in [1.82, 2.24) is 10.2 Å². The van der Waals surface area contributed by atoms with Gasteiger partial charge in [-0.05, 0) is 43.5 Å². The minimum atomic E-state index is -0.189. The Morgan fingerprint density at radius 3 is 3.00 bits per heavy atom. The van der Waals surface area contributed by atoms with E-state index in [4.69, 9.17) is 14.6 Å². The molecule has 0 bridgehead atoms. The lowest BCUT2D eigenvalue weighted by Gasteiger charge is -2.34. The molecule has 0 unspecified atom stereocenters. The summed E-state index contributed by atoms with van der Waals surface area (Å²) in [6.07, 6.45) is 1.65. The lowest BCUT2D eigenvalue weighted by molar-refractivity contribution is -0.0566. The molecule has 0 aromatic heterocycles. The zero-order chi connectivity index (χ0) is 17.8. The van der Waals surface area contributed by atoms with Crippen molar-refractivity contribution in [3.8, 4) is 5.75 Å². The van der Waals surface area contributed by atoms with Gasteiger partial charge in [-0.3, -0.25) is 4.90 Å². The highest BCUT2D eigenvalue weighted by molar-refractivity contribution is 5.90. The smallest absolute Gasteiger partial charge is 0.319 e. The first-order valence-electron chi connectivity index (χ1n) is 8.77. The Balaban J connectivity index is 1.51. The van der Waals surface area contributed by atoms with E-state index in [1.54, 1.807) is 7.11 Å². The number of carbonyl (C=O) groups is 1. The van der Waals surface area contributed by atoms with Gasteiger partial charge in [0.05, 0.1) is 19.8 Å². The first kappa shape index (κ1) is 18.0. The van der Waals surface area contributed by atoms with E-state index in [1.165, 1.54) is 0 Å². The van der Waals surface area contributed by atoms with Gasteiger partial charge in [-0.25, -0.2) is 4.79 Å². The van der Waals surface area contributed by atoms with Crippen LogP contribution in [0.15, 0.2) is 18.2 Å². The summed E-state index contributed by atoms with van der Waals surface area (Å²) >= 11 is 0.